The van der Waals surface area contributed by atoms with Crippen molar-refractivity contribution in [2.75, 3.05) is 7.11 Å². The van der Waals surface area contributed by atoms with Crippen molar-refractivity contribution in [1.82, 2.24) is 15.5 Å². The molecule has 0 radical (unpaired) electrons. The number of amides is 1. The van der Waals surface area contributed by atoms with Crippen LogP contribution in [0.3, 0.4) is 0 Å². The van der Waals surface area contributed by atoms with Crippen molar-refractivity contribution in [2.45, 2.75) is 6.04 Å². The molecule has 0 unspecified atom stereocenters. The molecule has 120 valence electrons. The molecule has 0 aliphatic carbocycles. The van der Waals surface area contributed by atoms with Crippen molar-refractivity contribution in [3.63, 3.8) is 0 Å². The zero-order chi connectivity index (χ0) is 16.7. The standard InChI is InChI=1S/C18H15N3O3/c1-24-13-7-3-5-11(9-13)16-14-15(10-4-2-6-12(22)8-10)19-18(23)17(14)21-20-16/h2-9,15,22H,1H3,(H,19,23)(H,20,21)/t15-/m0/s1. The van der Waals surface area contributed by atoms with E-state index < -0.39 is 0 Å². The number of aromatic nitrogens is 2. The van der Waals surface area contributed by atoms with E-state index in [1.54, 1.807) is 25.3 Å². The number of phenols is 1. The molecule has 1 aliphatic rings. The highest BCUT2D eigenvalue weighted by atomic mass is 16.5. The molecular formula is C18H15N3O3. The van der Waals surface area contributed by atoms with Crippen molar-refractivity contribution in [3.8, 4) is 22.8 Å². The first kappa shape index (κ1) is 14.3. The van der Waals surface area contributed by atoms with Gasteiger partial charge in [-0.1, -0.05) is 24.3 Å². The van der Waals surface area contributed by atoms with Crippen LogP contribution < -0.4 is 10.1 Å². The van der Waals surface area contributed by atoms with Crippen molar-refractivity contribution in [1.29, 1.82) is 0 Å². The monoisotopic (exact) mass is 321 g/mol. The number of aromatic amines is 1. The van der Waals surface area contributed by atoms with Gasteiger partial charge in [-0.25, -0.2) is 0 Å². The van der Waals surface area contributed by atoms with E-state index in [0.717, 1.165) is 22.4 Å². The number of fused-ring (bicyclic) bond motifs is 1. The van der Waals surface area contributed by atoms with Gasteiger partial charge in [-0.15, -0.1) is 0 Å². The normalized spacial score (nSPS) is 15.9. The van der Waals surface area contributed by atoms with E-state index in [4.69, 9.17) is 4.74 Å². The molecule has 24 heavy (non-hydrogen) atoms. The van der Waals surface area contributed by atoms with Crippen molar-refractivity contribution in [2.24, 2.45) is 0 Å². The van der Waals surface area contributed by atoms with Gasteiger partial charge in [0.05, 0.1) is 18.8 Å². The first-order valence-corrected chi connectivity index (χ1v) is 7.50. The molecule has 3 aromatic rings. The number of hydrogen-bond acceptors (Lipinski definition) is 4. The Bertz CT molecular complexity index is 933. The first-order valence-electron chi connectivity index (χ1n) is 7.50. The Kier molecular flexibility index (Phi) is 3.23. The predicted molar refractivity (Wildman–Crippen MR) is 88.0 cm³/mol. The van der Waals surface area contributed by atoms with E-state index >= 15 is 0 Å². The fourth-order valence-corrected chi connectivity index (χ4v) is 3.03. The van der Waals surface area contributed by atoms with Crippen LogP contribution >= 0.6 is 0 Å². The zero-order valence-corrected chi connectivity index (χ0v) is 12.9. The van der Waals surface area contributed by atoms with Crippen LogP contribution in [0.1, 0.15) is 27.7 Å². The number of ether oxygens (including phenoxy) is 1. The highest BCUT2D eigenvalue weighted by molar-refractivity contribution is 6.00. The van der Waals surface area contributed by atoms with Gasteiger partial charge >= 0.3 is 0 Å². The van der Waals surface area contributed by atoms with E-state index in [1.165, 1.54) is 0 Å². The number of hydrogen-bond donors (Lipinski definition) is 3. The van der Waals surface area contributed by atoms with Crippen LogP contribution in [0, 0.1) is 0 Å². The maximum atomic E-state index is 12.2. The molecule has 2 aromatic carbocycles. The summed E-state index contributed by atoms with van der Waals surface area (Å²) in [5.74, 6) is 0.664. The Balaban J connectivity index is 1.86. The highest BCUT2D eigenvalue weighted by Crippen LogP contribution is 2.38. The van der Waals surface area contributed by atoms with Crippen LogP contribution in [-0.4, -0.2) is 28.3 Å². The molecule has 0 fully saturated rings. The molecule has 1 aliphatic heterocycles. The number of carbonyl (C=O) groups is 1. The van der Waals surface area contributed by atoms with Gasteiger partial charge in [0.2, 0.25) is 0 Å². The van der Waals surface area contributed by atoms with E-state index in [9.17, 15) is 9.90 Å². The number of nitrogens with one attached hydrogen (secondary N) is 2. The Morgan fingerprint density at radius 3 is 2.79 bits per heavy atom. The predicted octanol–water partition coefficient (Wildman–Crippen LogP) is 2.62. The fourth-order valence-electron chi connectivity index (χ4n) is 3.03. The van der Waals surface area contributed by atoms with Crippen molar-refractivity contribution >= 4 is 5.91 Å². The van der Waals surface area contributed by atoms with Gasteiger partial charge in [-0.05, 0) is 29.8 Å². The van der Waals surface area contributed by atoms with Crippen molar-refractivity contribution < 1.29 is 14.6 Å². The lowest BCUT2D eigenvalue weighted by atomic mass is 9.96. The zero-order valence-electron chi connectivity index (χ0n) is 12.9. The lowest BCUT2D eigenvalue weighted by Gasteiger charge is -2.13. The van der Waals surface area contributed by atoms with Gasteiger partial charge in [0.25, 0.3) is 5.91 Å². The minimum atomic E-state index is -0.362. The molecule has 1 amide bonds. The molecule has 2 heterocycles. The third-order valence-electron chi connectivity index (χ3n) is 4.14. The minimum Gasteiger partial charge on any atom is -0.508 e. The lowest BCUT2D eigenvalue weighted by molar-refractivity contribution is 0.0955. The molecule has 1 atom stereocenters. The third kappa shape index (κ3) is 2.20. The molecule has 4 rings (SSSR count). The lowest BCUT2D eigenvalue weighted by Crippen LogP contribution is -2.21. The number of H-pyrrole nitrogens is 1. The Morgan fingerprint density at radius 2 is 2.00 bits per heavy atom. The number of rotatable bonds is 3. The number of aromatic hydroxyl groups is 1. The summed E-state index contributed by atoms with van der Waals surface area (Å²) >= 11 is 0. The van der Waals surface area contributed by atoms with Gasteiger partial charge in [0.15, 0.2) is 0 Å². The summed E-state index contributed by atoms with van der Waals surface area (Å²) in [7, 11) is 1.61. The average Bonchev–Trinajstić information content (AvgIpc) is 3.16. The number of carbonyl (C=O) groups excluding carboxylic acids is 1. The van der Waals surface area contributed by atoms with E-state index in [2.05, 4.69) is 15.5 Å². The summed E-state index contributed by atoms with van der Waals surface area (Å²) in [6.07, 6.45) is 0. The number of nitrogens with zero attached hydrogens (tertiary/aromatic N) is 1. The van der Waals surface area contributed by atoms with Crippen LogP contribution in [0.2, 0.25) is 0 Å². The maximum Gasteiger partial charge on any atom is 0.270 e. The molecule has 0 spiro atoms. The highest BCUT2D eigenvalue weighted by Gasteiger charge is 2.35. The quantitative estimate of drug-likeness (QED) is 0.692. The summed E-state index contributed by atoms with van der Waals surface area (Å²) in [6, 6.07) is 14.0. The second-order valence-corrected chi connectivity index (χ2v) is 5.59. The summed E-state index contributed by atoms with van der Waals surface area (Å²) in [6.45, 7) is 0. The fraction of sp³-hybridized carbons (Fsp3) is 0.111. The van der Waals surface area contributed by atoms with Crippen LogP contribution in [-0.2, 0) is 0 Å². The van der Waals surface area contributed by atoms with Crippen molar-refractivity contribution in [3.05, 3.63) is 65.4 Å². The maximum absolute atomic E-state index is 12.2. The van der Waals surface area contributed by atoms with E-state index in [1.807, 2.05) is 30.3 Å². The number of phenolic OH excluding ortho intramolecular Hbond substituents is 1. The van der Waals surface area contributed by atoms with Crippen LogP contribution in [0.15, 0.2) is 48.5 Å². The van der Waals surface area contributed by atoms with E-state index in [-0.39, 0.29) is 17.7 Å². The average molecular weight is 321 g/mol. The molecule has 0 saturated heterocycles. The van der Waals surface area contributed by atoms with Crippen LogP contribution in [0.5, 0.6) is 11.5 Å². The molecular weight excluding hydrogens is 306 g/mol. The van der Waals surface area contributed by atoms with Crippen LogP contribution in [0.25, 0.3) is 11.3 Å². The molecule has 6 nitrogen and oxygen atoms in total. The first-order chi connectivity index (χ1) is 11.7. The summed E-state index contributed by atoms with van der Waals surface area (Å²) in [5.41, 5.74) is 3.57. The summed E-state index contributed by atoms with van der Waals surface area (Å²) < 4.78 is 5.27. The third-order valence-corrected chi connectivity index (χ3v) is 4.14. The Labute approximate surface area is 138 Å². The van der Waals surface area contributed by atoms with Gasteiger partial charge in [0, 0.05) is 11.1 Å². The topological polar surface area (TPSA) is 87.2 Å². The second kappa shape index (κ2) is 5.42. The molecule has 6 heteroatoms. The molecule has 0 saturated carbocycles. The second-order valence-electron chi connectivity index (χ2n) is 5.59. The number of methoxy groups -OCH3 is 1. The van der Waals surface area contributed by atoms with Gasteiger partial charge < -0.3 is 15.2 Å². The summed E-state index contributed by atoms with van der Waals surface area (Å²) in [4.78, 5) is 12.2. The van der Waals surface area contributed by atoms with Gasteiger partial charge in [-0.3, -0.25) is 9.89 Å². The Morgan fingerprint density at radius 1 is 1.17 bits per heavy atom. The molecule has 1 aromatic heterocycles. The SMILES string of the molecule is COc1cccc(-c2n[nH]c3c2[C@H](c2cccc(O)c2)NC3=O)c1. The smallest absolute Gasteiger partial charge is 0.270 e. The van der Waals surface area contributed by atoms with Gasteiger partial charge in [0.1, 0.15) is 17.2 Å². The minimum absolute atomic E-state index is 0.154. The molecule has 3 N–H and O–H groups in total. The van der Waals surface area contributed by atoms with Crippen LogP contribution in [0.4, 0.5) is 0 Å². The number of benzene rings is 2. The largest absolute Gasteiger partial charge is 0.508 e. The Hall–Kier alpha value is -3.28. The van der Waals surface area contributed by atoms with E-state index in [0.29, 0.717) is 11.4 Å². The van der Waals surface area contributed by atoms with Gasteiger partial charge in [-0.2, -0.15) is 5.10 Å². The summed E-state index contributed by atoms with van der Waals surface area (Å²) in [5, 5.41) is 19.8. The molecule has 0 bridgehead atoms.